The van der Waals surface area contributed by atoms with Crippen LogP contribution in [-0.2, 0) is 38.1 Å². The van der Waals surface area contributed by atoms with Crippen LogP contribution in [0.25, 0.3) is 5.53 Å². The molecule has 12 nitrogen and oxygen atoms in total. The van der Waals surface area contributed by atoms with Gasteiger partial charge in [0.15, 0.2) is 11.7 Å². The highest BCUT2D eigenvalue weighted by molar-refractivity contribution is 6.20. The van der Waals surface area contributed by atoms with E-state index >= 15 is 0 Å². The van der Waals surface area contributed by atoms with Crippen molar-refractivity contribution in [3.05, 3.63) is 28.8 Å². The summed E-state index contributed by atoms with van der Waals surface area (Å²) in [4.78, 5) is 53.9. The predicted molar refractivity (Wildman–Crippen MR) is 164 cm³/mol. The van der Waals surface area contributed by atoms with Crippen molar-refractivity contribution in [3.8, 4) is 0 Å². The van der Waals surface area contributed by atoms with Crippen molar-refractivity contribution < 1.29 is 53.1 Å². The van der Waals surface area contributed by atoms with E-state index in [-0.39, 0.29) is 32.3 Å². The van der Waals surface area contributed by atoms with Gasteiger partial charge >= 0.3 is 30.1 Å². The fourth-order valence-corrected chi connectivity index (χ4v) is 8.65. The zero-order chi connectivity index (χ0) is 34.2. The summed E-state index contributed by atoms with van der Waals surface area (Å²) in [5.74, 6) is -5.63. The van der Waals surface area contributed by atoms with Crippen LogP contribution in [0.5, 0.6) is 0 Å². The summed E-state index contributed by atoms with van der Waals surface area (Å²) >= 11 is 0. The normalized spacial score (nSPS) is 36.6. The molecule has 4 aliphatic carbocycles. The fraction of sp³-hybridized carbons (Fsp3) is 0.735. The number of nitrogens with zero attached hydrogens (tertiary/aromatic N) is 2. The molecule has 254 valence electrons. The first-order valence-electron chi connectivity index (χ1n) is 16.4. The Balaban J connectivity index is 1.91. The maximum Gasteiger partial charge on any atom is 0.414 e. The Bertz CT molecular complexity index is 1370. The van der Waals surface area contributed by atoms with Crippen molar-refractivity contribution in [2.75, 3.05) is 6.61 Å². The van der Waals surface area contributed by atoms with Crippen LogP contribution < -0.4 is 0 Å². The molecule has 2 N–H and O–H groups in total. The molecule has 2 fully saturated rings. The summed E-state index contributed by atoms with van der Waals surface area (Å²) in [5, 5.41) is 25.7. The second kappa shape index (κ2) is 13.0. The molecule has 0 amide bonds. The monoisotopic (exact) mass is 644 g/mol. The zero-order valence-corrected chi connectivity index (χ0v) is 27.9. The third kappa shape index (κ3) is 5.62. The third-order valence-corrected chi connectivity index (χ3v) is 10.6. The first-order valence-corrected chi connectivity index (χ1v) is 16.4. The number of carbonyl (C=O) groups is 4. The molecule has 12 heteroatoms. The Kier molecular flexibility index (Phi) is 10.1. The lowest BCUT2D eigenvalue weighted by atomic mass is 9.58. The second-order valence-corrected chi connectivity index (χ2v) is 13.9. The average Bonchev–Trinajstić information content (AvgIpc) is 3.38. The van der Waals surface area contributed by atoms with Crippen LogP contribution in [0.4, 0.5) is 0 Å². The molecule has 0 aromatic carbocycles. The van der Waals surface area contributed by atoms with Gasteiger partial charge in [-0.2, -0.15) is 4.79 Å². The Morgan fingerprint density at radius 2 is 1.59 bits per heavy atom. The molecule has 0 spiro atoms. The van der Waals surface area contributed by atoms with Gasteiger partial charge in [-0.1, -0.05) is 53.7 Å². The predicted octanol–water partition coefficient (Wildman–Crippen LogP) is 3.63. The van der Waals surface area contributed by atoms with E-state index in [9.17, 15) is 29.4 Å². The molecule has 2 saturated carbocycles. The van der Waals surface area contributed by atoms with Crippen LogP contribution in [0, 0.1) is 29.1 Å². The van der Waals surface area contributed by atoms with Crippen LogP contribution in [-0.4, -0.2) is 80.7 Å². The minimum absolute atomic E-state index is 0.124. The molecule has 0 bridgehead atoms. The van der Waals surface area contributed by atoms with Crippen LogP contribution in [0.15, 0.2) is 23.3 Å². The van der Waals surface area contributed by atoms with Crippen molar-refractivity contribution in [3.63, 3.8) is 0 Å². The van der Waals surface area contributed by atoms with E-state index in [1.165, 1.54) is 0 Å². The van der Waals surface area contributed by atoms with Gasteiger partial charge in [0.2, 0.25) is 0 Å². The van der Waals surface area contributed by atoms with E-state index < -0.39 is 82.0 Å². The summed E-state index contributed by atoms with van der Waals surface area (Å²) in [7, 11) is 0. The summed E-state index contributed by atoms with van der Waals surface area (Å²) < 4.78 is 23.6. The van der Waals surface area contributed by atoms with Crippen molar-refractivity contribution in [2.45, 2.75) is 122 Å². The Hall–Kier alpha value is -3.34. The van der Waals surface area contributed by atoms with E-state index in [0.29, 0.717) is 36.6 Å². The maximum absolute atomic E-state index is 13.2. The molecule has 0 heterocycles. The van der Waals surface area contributed by atoms with Gasteiger partial charge in [-0.15, -0.1) is 0 Å². The first kappa shape index (κ1) is 35.5. The lowest BCUT2D eigenvalue weighted by molar-refractivity contribution is -0.236. The lowest BCUT2D eigenvalue weighted by Crippen LogP contribution is -2.66. The third-order valence-electron chi connectivity index (χ3n) is 10.6. The standard InChI is InChI=1S/C34H48N2O10/c1-8-11-24(37)43-18-21-15-22-28-31(6,7)34(28,46-26(39)13-10-3)30(44-25(38)12-9-2)20(5)33(22,42)23-14-19(4)29(32(23,41)16-21)45-27(40)17-36-35/h14-15,17,20,22-23,28-30,41-42H,8-13,16,18H2,1-7H3/t20-,22+,23-,28-,29+,30-,32-,33-,34-/m1/s1. The highest BCUT2D eigenvalue weighted by Crippen LogP contribution is 2.77. The second-order valence-electron chi connectivity index (χ2n) is 13.9. The number of aliphatic hydroxyl groups is 2. The van der Waals surface area contributed by atoms with Gasteiger partial charge < -0.3 is 34.7 Å². The summed E-state index contributed by atoms with van der Waals surface area (Å²) in [6.07, 6.45) is 3.73. The number of hydrogen-bond acceptors (Lipinski definition) is 10. The Morgan fingerprint density at radius 1 is 0.978 bits per heavy atom. The van der Waals surface area contributed by atoms with Crippen molar-refractivity contribution in [1.29, 1.82) is 0 Å². The van der Waals surface area contributed by atoms with E-state index in [0.717, 1.165) is 0 Å². The minimum atomic E-state index is -1.93. The van der Waals surface area contributed by atoms with Crippen molar-refractivity contribution in [1.82, 2.24) is 0 Å². The molecule has 0 aromatic heterocycles. The number of hydrogen-bond donors (Lipinski definition) is 2. The van der Waals surface area contributed by atoms with Gasteiger partial charge in [0.1, 0.15) is 18.3 Å². The SMILES string of the molecule is CCCC(=O)OCC1=C[C@H]2[C@@H]3C(C)(C)[C@]3(OC(=O)CCC)[C@H](OC(=O)CCC)[C@@H](C)[C@]2(O)[C@@H]2C=C(C)[C@H](OC(=O)C=[N+]=[N-])[C@@]2(O)C1. The van der Waals surface area contributed by atoms with E-state index in [2.05, 4.69) is 4.79 Å². The van der Waals surface area contributed by atoms with Gasteiger partial charge in [-0.05, 0) is 37.3 Å². The molecular formula is C34H48N2O10. The summed E-state index contributed by atoms with van der Waals surface area (Å²) in [6.45, 7) is 12.6. The van der Waals surface area contributed by atoms with E-state index in [4.69, 9.17) is 24.5 Å². The van der Waals surface area contributed by atoms with Crippen molar-refractivity contribution in [2.24, 2.45) is 29.1 Å². The molecule has 0 aromatic rings. The summed E-state index contributed by atoms with van der Waals surface area (Å²) in [5.41, 5.74) is 4.06. The number of rotatable bonds is 12. The molecule has 0 unspecified atom stereocenters. The topological polar surface area (TPSA) is 182 Å². The Labute approximate surface area is 270 Å². The highest BCUT2D eigenvalue weighted by Gasteiger charge is 2.88. The molecule has 0 aliphatic heterocycles. The van der Waals surface area contributed by atoms with Gasteiger partial charge in [-0.25, -0.2) is 4.79 Å². The van der Waals surface area contributed by atoms with Crippen LogP contribution in [0.2, 0.25) is 0 Å². The maximum atomic E-state index is 13.2. The van der Waals surface area contributed by atoms with E-state index in [1.807, 2.05) is 34.6 Å². The lowest BCUT2D eigenvalue weighted by Gasteiger charge is -2.53. The average molecular weight is 645 g/mol. The molecule has 46 heavy (non-hydrogen) atoms. The van der Waals surface area contributed by atoms with Crippen LogP contribution >= 0.6 is 0 Å². The van der Waals surface area contributed by atoms with Crippen LogP contribution in [0.3, 0.4) is 0 Å². The van der Waals surface area contributed by atoms with Gasteiger partial charge in [0.05, 0.1) is 5.60 Å². The Morgan fingerprint density at radius 3 is 2.20 bits per heavy atom. The highest BCUT2D eigenvalue weighted by atomic mass is 16.6. The fourth-order valence-electron chi connectivity index (χ4n) is 8.65. The van der Waals surface area contributed by atoms with Crippen LogP contribution in [0.1, 0.15) is 93.4 Å². The molecule has 0 saturated heterocycles. The zero-order valence-electron chi connectivity index (χ0n) is 27.9. The quantitative estimate of drug-likeness (QED) is 0.0795. The molecule has 0 radical (unpaired) electrons. The van der Waals surface area contributed by atoms with Gasteiger partial charge in [0, 0.05) is 54.8 Å². The van der Waals surface area contributed by atoms with E-state index in [1.54, 1.807) is 26.0 Å². The number of carbonyl (C=O) groups excluding carboxylic acids is 4. The number of ether oxygens (including phenoxy) is 4. The van der Waals surface area contributed by atoms with Gasteiger partial charge in [0.25, 0.3) is 0 Å². The smallest absolute Gasteiger partial charge is 0.414 e. The minimum Gasteiger partial charge on any atom is -0.461 e. The molecular weight excluding hydrogens is 596 g/mol. The van der Waals surface area contributed by atoms with Crippen molar-refractivity contribution >= 4 is 30.1 Å². The summed E-state index contributed by atoms with van der Waals surface area (Å²) in [6, 6.07) is 0. The molecule has 4 aliphatic rings. The molecule has 9 atom stereocenters. The largest absolute Gasteiger partial charge is 0.461 e. The number of fused-ring (bicyclic) bond motifs is 5. The van der Waals surface area contributed by atoms with Gasteiger partial charge in [-0.3, -0.25) is 14.4 Å². The molecule has 4 rings (SSSR count). The number of esters is 4. The first-order chi connectivity index (χ1) is 21.6.